The SMILES string of the molecule is Cc1ccc(S(=O)(=O)N2CCCCC2C(=O)NCC2CN(Cc3ccccc3)CCO2)cc1. The molecular weight excluding hydrogens is 438 g/mol. The third kappa shape index (κ3) is 6.00. The van der Waals surface area contributed by atoms with Crippen LogP contribution < -0.4 is 5.32 Å². The van der Waals surface area contributed by atoms with Crippen LogP contribution >= 0.6 is 0 Å². The summed E-state index contributed by atoms with van der Waals surface area (Å²) in [5.41, 5.74) is 2.25. The average Bonchev–Trinajstić information content (AvgIpc) is 2.84. The van der Waals surface area contributed by atoms with Gasteiger partial charge in [0.2, 0.25) is 15.9 Å². The average molecular weight is 472 g/mol. The molecule has 4 rings (SSSR count). The number of hydrogen-bond donors (Lipinski definition) is 1. The number of carbonyl (C=O) groups is 1. The zero-order valence-electron chi connectivity index (χ0n) is 19.2. The Morgan fingerprint density at radius 2 is 1.82 bits per heavy atom. The lowest BCUT2D eigenvalue weighted by molar-refractivity contribution is -0.127. The van der Waals surface area contributed by atoms with Crippen molar-refractivity contribution in [1.29, 1.82) is 0 Å². The summed E-state index contributed by atoms with van der Waals surface area (Å²) in [6.07, 6.45) is 2.01. The number of aryl methyl sites for hydroxylation is 1. The number of ether oxygens (including phenoxy) is 1. The van der Waals surface area contributed by atoms with Gasteiger partial charge in [-0.15, -0.1) is 0 Å². The van der Waals surface area contributed by atoms with Gasteiger partial charge in [-0.2, -0.15) is 4.31 Å². The number of nitrogens with one attached hydrogen (secondary N) is 1. The van der Waals surface area contributed by atoms with Crippen LogP contribution in [-0.4, -0.2) is 68.5 Å². The molecule has 2 fully saturated rings. The summed E-state index contributed by atoms with van der Waals surface area (Å²) in [6, 6.07) is 16.4. The number of piperidine rings is 1. The first-order chi connectivity index (χ1) is 15.9. The molecule has 2 heterocycles. The van der Waals surface area contributed by atoms with Crippen LogP contribution in [0.25, 0.3) is 0 Å². The number of morpholine rings is 1. The zero-order valence-corrected chi connectivity index (χ0v) is 20.0. The quantitative estimate of drug-likeness (QED) is 0.672. The lowest BCUT2D eigenvalue weighted by atomic mass is 10.0. The van der Waals surface area contributed by atoms with E-state index in [1.54, 1.807) is 24.3 Å². The van der Waals surface area contributed by atoms with E-state index in [4.69, 9.17) is 4.74 Å². The van der Waals surface area contributed by atoms with E-state index < -0.39 is 16.1 Å². The van der Waals surface area contributed by atoms with Crippen molar-refractivity contribution in [3.05, 3.63) is 65.7 Å². The molecule has 178 valence electrons. The highest BCUT2D eigenvalue weighted by Gasteiger charge is 2.37. The first-order valence-electron chi connectivity index (χ1n) is 11.7. The molecule has 2 atom stereocenters. The van der Waals surface area contributed by atoms with Crippen molar-refractivity contribution in [2.45, 2.75) is 49.8 Å². The number of nitrogens with zero attached hydrogens (tertiary/aromatic N) is 2. The Bertz CT molecular complexity index is 1030. The largest absolute Gasteiger partial charge is 0.374 e. The summed E-state index contributed by atoms with van der Waals surface area (Å²) >= 11 is 0. The highest BCUT2D eigenvalue weighted by Crippen LogP contribution is 2.26. The molecule has 2 aromatic carbocycles. The minimum Gasteiger partial charge on any atom is -0.374 e. The van der Waals surface area contributed by atoms with Gasteiger partial charge in [-0.3, -0.25) is 9.69 Å². The van der Waals surface area contributed by atoms with E-state index in [2.05, 4.69) is 22.3 Å². The number of sulfonamides is 1. The topological polar surface area (TPSA) is 79.0 Å². The smallest absolute Gasteiger partial charge is 0.243 e. The van der Waals surface area contributed by atoms with Gasteiger partial charge in [-0.1, -0.05) is 54.4 Å². The third-order valence-corrected chi connectivity index (χ3v) is 8.28. The van der Waals surface area contributed by atoms with Crippen LogP contribution in [0.3, 0.4) is 0 Å². The van der Waals surface area contributed by atoms with E-state index in [9.17, 15) is 13.2 Å². The van der Waals surface area contributed by atoms with Crippen molar-refractivity contribution in [1.82, 2.24) is 14.5 Å². The van der Waals surface area contributed by atoms with E-state index in [0.717, 1.165) is 38.0 Å². The molecule has 7 nitrogen and oxygen atoms in total. The number of hydrogen-bond acceptors (Lipinski definition) is 5. The maximum absolute atomic E-state index is 13.3. The highest BCUT2D eigenvalue weighted by molar-refractivity contribution is 7.89. The van der Waals surface area contributed by atoms with E-state index >= 15 is 0 Å². The molecule has 0 saturated carbocycles. The fourth-order valence-corrected chi connectivity index (χ4v) is 6.18. The first-order valence-corrected chi connectivity index (χ1v) is 13.1. The molecule has 0 aliphatic carbocycles. The minimum atomic E-state index is -3.73. The Balaban J connectivity index is 1.36. The van der Waals surface area contributed by atoms with Crippen LogP contribution in [-0.2, 0) is 26.1 Å². The summed E-state index contributed by atoms with van der Waals surface area (Å²) in [5, 5.41) is 2.97. The van der Waals surface area contributed by atoms with Crippen molar-refractivity contribution in [3.8, 4) is 0 Å². The second-order valence-electron chi connectivity index (χ2n) is 8.90. The van der Waals surface area contributed by atoms with E-state index in [0.29, 0.717) is 26.1 Å². The number of amides is 1. The van der Waals surface area contributed by atoms with Crippen molar-refractivity contribution in [2.24, 2.45) is 0 Å². The minimum absolute atomic E-state index is 0.114. The molecule has 2 aliphatic rings. The van der Waals surface area contributed by atoms with Crippen LogP contribution in [0, 0.1) is 6.92 Å². The zero-order chi connectivity index (χ0) is 23.3. The molecule has 0 radical (unpaired) electrons. The van der Waals surface area contributed by atoms with Gasteiger partial charge in [0.15, 0.2) is 0 Å². The standard InChI is InChI=1S/C25H33N3O4S/c1-20-10-12-23(13-11-20)33(30,31)28-14-6-5-9-24(28)25(29)26-17-22-19-27(15-16-32-22)18-21-7-3-2-4-8-21/h2-4,7-8,10-13,22,24H,5-6,9,14-19H2,1H3,(H,26,29). The van der Waals surface area contributed by atoms with Crippen molar-refractivity contribution in [3.63, 3.8) is 0 Å². The van der Waals surface area contributed by atoms with Crippen LogP contribution in [0.4, 0.5) is 0 Å². The Hall–Kier alpha value is -2.26. The molecule has 2 saturated heterocycles. The predicted molar refractivity (Wildman–Crippen MR) is 127 cm³/mol. The Kier molecular flexibility index (Phi) is 7.80. The lowest BCUT2D eigenvalue weighted by Crippen LogP contribution is -2.54. The fourth-order valence-electron chi connectivity index (χ4n) is 4.52. The van der Waals surface area contributed by atoms with Gasteiger partial charge in [0.1, 0.15) is 6.04 Å². The second-order valence-corrected chi connectivity index (χ2v) is 10.8. The van der Waals surface area contributed by atoms with Gasteiger partial charge in [0, 0.05) is 32.7 Å². The Labute approximate surface area is 196 Å². The summed E-state index contributed by atoms with van der Waals surface area (Å²) in [7, 11) is -3.73. The molecule has 2 aliphatic heterocycles. The van der Waals surface area contributed by atoms with Crippen LogP contribution in [0.15, 0.2) is 59.5 Å². The maximum atomic E-state index is 13.3. The van der Waals surface area contributed by atoms with Gasteiger partial charge in [0.05, 0.1) is 17.6 Å². The number of rotatable bonds is 7. The maximum Gasteiger partial charge on any atom is 0.243 e. The molecule has 0 spiro atoms. The van der Waals surface area contributed by atoms with Crippen LogP contribution in [0.2, 0.25) is 0 Å². The molecule has 2 aromatic rings. The Morgan fingerprint density at radius 1 is 1.06 bits per heavy atom. The van der Waals surface area contributed by atoms with E-state index in [1.165, 1.54) is 9.87 Å². The third-order valence-electron chi connectivity index (χ3n) is 6.36. The van der Waals surface area contributed by atoms with Gasteiger partial charge < -0.3 is 10.1 Å². The van der Waals surface area contributed by atoms with E-state index in [1.807, 2.05) is 25.1 Å². The van der Waals surface area contributed by atoms with Gasteiger partial charge in [0.25, 0.3) is 0 Å². The summed E-state index contributed by atoms with van der Waals surface area (Å²) in [5.74, 6) is -0.242. The highest BCUT2D eigenvalue weighted by atomic mass is 32.2. The van der Waals surface area contributed by atoms with Crippen LogP contribution in [0.5, 0.6) is 0 Å². The molecule has 1 N–H and O–H groups in total. The van der Waals surface area contributed by atoms with Gasteiger partial charge in [-0.05, 0) is 37.5 Å². The lowest BCUT2D eigenvalue weighted by Gasteiger charge is -2.35. The monoisotopic (exact) mass is 471 g/mol. The fraction of sp³-hybridized carbons (Fsp3) is 0.480. The molecule has 8 heteroatoms. The van der Waals surface area contributed by atoms with Crippen molar-refractivity contribution < 1.29 is 17.9 Å². The van der Waals surface area contributed by atoms with Gasteiger partial charge in [-0.25, -0.2) is 8.42 Å². The first kappa shape index (κ1) is 23.9. The summed E-state index contributed by atoms with van der Waals surface area (Å²) < 4.78 is 33.7. The second kappa shape index (κ2) is 10.8. The number of carbonyl (C=O) groups excluding carboxylic acids is 1. The van der Waals surface area contributed by atoms with Crippen LogP contribution in [0.1, 0.15) is 30.4 Å². The molecular formula is C25H33N3O4S. The summed E-state index contributed by atoms with van der Waals surface area (Å²) in [4.78, 5) is 15.6. The summed E-state index contributed by atoms with van der Waals surface area (Å²) in [6.45, 7) is 5.69. The normalized spacial score (nSPS) is 22.7. The Morgan fingerprint density at radius 3 is 2.58 bits per heavy atom. The molecule has 0 aromatic heterocycles. The van der Waals surface area contributed by atoms with Crippen molar-refractivity contribution in [2.75, 3.05) is 32.8 Å². The molecule has 1 amide bonds. The molecule has 2 unspecified atom stereocenters. The van der Waals surface area contributed by atoms with Gasteiger partial charge >= 0.3 is 0 Å². The number of benzene rings is 2. The molecule has 0 bridgehead atoms. The van der Waals surface area contributed by atoms with Crippen molar-refractivity contribution >= 4 is 15.9 Å². The molecule has 33 heavy (non-hydrogen) atoms. The predicted octanol–water partition coefficient (Wildman–Crippen LogP) is 2.56. The van der Waals surface area contributed by atoms with E-state index in [-0.39, 0.29) is 16.9 Å².